The normalized spacial score (nSPS) is 12.8. The van der Waals surface area contributed by atoms with Crippen LogP contribution in [0.15, 0.2) is 24.3 Å². The van der Waals surface area contributed by atoms with Crippen LogP contribution in [-0.2, 0) is 6.54 Å². The molecule has 0 fully saturated rings. The van der Waals surface area contributed by atoms with E-state index < -0.39 is 0 Å². The first-order valence-corrected chi connectivity index (χ1v) is 6.15. The molecule has 0 saturated carbocycles. The number of methoxy groups -OCH3 is 1. The molecule has 0 heterocycles. The molecule has 0 amide bonds. The van der Waals surface area contributed by atoms with Gasteiger partial charge in [0.05, 0.1) is 7.11 Å². The van der Waals surface area contributed by atoms with Crippen molar-refractivity contribution in [2.75, 3.05) is 27.7 Å². The number of ether oxygens (including phenoxy) is 1. The van der Waals surface area contributed by atoms with Gasteiger partial charge in [-0.05, 0) is 51.7 Å². The van der Waals surface area contributed by atoms with Gasteiger partial charge in [0.1, 0.15) is 5.75 Å². The molecule has 0 aliphatic heterocycles. The lowest BCUT2D eigenvalue weighted by Crippen LogP contribution is -2.31. The number of nitrogens with one attached hydrogen (secondary N) is 1. The predicted molar refractivity (Wildman–Crippen MR) is 72.5 cm³/mol. The van der Waals surface area contributed by atoms with Gasteiger partial charge in [-0.3, -0.25) is 4.90 Å². The zero-order valence-corrected chi connectivity index (χ0v) is 11.4. The summed E-state index contributed by atoms with van der Waals surface area (Å²) in [4.78, 5) is 2.37. The second kappa shape index (κ2) is 7.30. The Labute approximate surface area is 105 Å². The van der Waals surface area contributed by atoms with Crippen LogP contribution in [0.5, 0.6) is 5.75 Å². The van der Waals surface area contributed by atoms with Crippen LogP contribution in [0, 0.1) is 0 Å². The Morgan fingerprint density at radius 1 is 1.41 bits per heavy atom. The van der Waals surface area contributed by atoms with Gasteiger partial charge in [0.15, 0.2) is 0 Å². The van der Waals surface area contributed by atoms with E-state index >= 15 is 0 Å². The third kappa shape index (κ3) is 4.75. The highest BCUT2D eigenvalue weighted by Gasteiger charge is 2.09. The molecule has 1 atom stereocenters. The standard InChI is InChI=1S/C14H24N2O/c1-12(8-9-15-2)16(3)11-13-6-5-7-14(10-13)17-4/h5-7,10,12,15H,8-9,11H2,1-4H3. The fraction of sp³-hybridized carbons (Fsp3) is 0.571. The summed E-state index contributed by atoms with van der Waals surface area (Å²) in [5.74, 6) is 0.929. The summed E-state index contributed by atoms with van der Waals surface area (Å²) in [6.07, 6.45) is 1.16. The lowest BCUT2D eigenvalue weighted by Gasteiger charge is -2.24. The Morgan fingerprint density at radius 2 is 2.18 bits per heavy atom. The van der Waals surface area contributed by atoms with E-state index in [9.17, 15) is 0 Å². The van der Waals surface area contributed by atoms with Gasteiger partial charge in [0.25, 0.3) is 0 Å². The lowest BCUT2D eigenvalue weighted by molar-refractivity contribution is 0.237. The molecular formula is C14H24N2O. The van der Waals surface area contributed by atoms with E-state index in [-0.39, 0.29) is 0 Å². The van der Waals surface area contributed by atoms with Crippen molar-refractivity contribution in [3.05, 3.63) is 29.8 Å². The van der Waals surface area contributed by atoms with Gasteiger partial charge in [-0.1, -0.05) is 12.1 Å². The van der Waals surface area contributed by atoms with E-state index in [1.807, 2.05) is 19.2 Å². The van der Waals surface area contributed by atoms with E-state index in [1.165, 1.54) is 5.56 Å². The summed E-state index contributed by atoms with van der Waals surface area (Å²) < 4.78 is 5.23. The number of rotatable bonds is 7. The summed E-state index contributed by atoms with van der Waals surface area (Å²) >= 11 is 0. The van der Waals surface area contributed by atoms with Crippen LogP contribution in [0.3, 0.4) is 0 Å². The third-order valence-electron chi connectivity index (χ3n) is 3.13. The SMILES string of the molecule is CNCCC(C)N(C)Cc1cccc(OC)c1. The molecule has 96 valence electrons. The summed E-state index contributed by atoms with van der Waals surface area (Å²) in [5.41, 5.74) is 1.29. The summed E-state index contributed by atoms with van der Waals surface area (Å²) in [7, 11) is 5.87. The minimum atomic E-state index is 0.577. The Bertz CT molecular complexity index is 328. The quantitative estimate of drug-likeness (QED) is 0.785. The molecule has 1 aromatic rings. The van der Waals surface area contributed by atoms with Gasteiger partial charge in [-0.25, -0.2) is 0 Å². The molecule has 0 spiro atoms. The maximum atomic E-state index is 5.23. The lowest BCUT2D eigenvalue weighted by atomic mass is 10.1. The molecule has 3 heteroatoms. The van der Waals surface area contributed by atoms with Crippen molar-refractivity contribution in [1.29, 1.82) is 0 Å². The zero-order chi connectivity index (χ0) is 12.7. The van der Waals surface area contributed by atoms with Crippen molar-refractivity contribution in [1.82, 2.24) is 10.2 Å². The molecule has 0 aromatic heterocycles. The fourth-order valence-electron chi connectivity index (χ4n) is 1.79. The highest BCUT2D eigenvalue weighted by molar-refractivity contribution is 5.28. The molecule has 0 saturated heterocycles. The molecule has 3 nitrogen and oxygen atoms in total. The highest BCUT2D eigenvalue weighted by Crippen LogP contribution is 2.15. The number of hydrogen-bond donors (Lipinski definition) is 1. The maximum Gasteiger partial charge on any atom is 0.119 e. The number of hydrogen-bond acceptors (Lipinski definition) is 3. The molecular weight excluding hydrogens is 212 g/mol. The van der Waals surface area contributed by atoms with E-state index in [4.69, 9.17) is 4.74 Å². The molecule has 0 aliphatic rings. The van der Waals surface area contributed by atoms with E-state index in [0.717, 1.165) is 25.3 Å². The molecule has 0 radical (unpaired) electrons. The van der Waals surface area contributed by atoms with Crippen molar-refractivity contribution in [2.45, 2.75) is 25.9 Å². The van der Waals surface area contributed by atoms with Gasteiger partial charge >= 0.3 is 0 Å². The van der Waals surface area contributed by atoms with E-state index in [1.54, 1.807) is 7.11 Å². The Hall–Kier alpha value is -1.06. The van der Waals surface area contributed by atoms with Crippen LogP contribution in [0.4, 0.5) is 0 Å². The molecule has 0 bridgehead atoms. The average molecular weight is 236 g/mol. The monoisotopic (exact) mass is 236 g/mol. The first-order valence-electron chi connectivity index (χ1n) is 6.15. The van der Waals surface area contributed by atoms with E-state index in [2.05, 4.69) is 36.3 Å². The Balaban J connectivity index is 2.51. The largest absolute Gasteiger partial charge is 0.497 e. The van der Waals surface area contributed by atoms with Gasteiger partial charge in [-0.2, -0.15) is 0 Å². The molecule has 17 heavy (non-hydrogen) atoms. The average Bonchev–Trinajstić information content (AvgIpc) is 2.36. The van der Waals surface area contributed by atoms with Gasteiger partial charge in [-0.15, -0.1) is 0 Å². The minimum Gasteiger partial charge on any atom is -0.497 e. The van der Waals surface area contributed by atoms with Crippen molar-refractivity contribution in [3.63, 3.8) is 0 Å². The molecule has 1 unspecified atom stereocenters. The van der Waals surface area contributed by atoms with Crippen LogP contribution < -0.4 is 10.1 Å². The zero-order valence-electron chi connectivity index (χ0n) is 11.4. The van der Waals surface area contributed by atoms with Crippen LogP contribution in [0.25, 0.3) is 0 Å². The van der Waals surface area contributed by atoms with E-state index in [0.29, 0.717) is 6.04 Å². The van der Waals surface area contributed by atoms with Crippen molar-refractivity contribution in [3.8, 4) is 5.75 Å². The predicted octanol–water partition coefficient (Wildman–Crippen LogP) is 2.12. The van der Waals surface area contributed by atoms with Crippen LogP contribution >= 0.6 is 0 Å². The van der Waals surface area contributed by atoms with Gasteiger partial charge in [0.2, 0.25) is 0 Å². The van der Waals surface area contributed by atoms with Crippen LogP contribution in [-0.4, -0.2) is 38.7 Å². The van der Waals surface area contributed by atoms with Gasteiger partial charge < -0.3 is 10.1 Å². The van der Waals surface area contributed by atoms with Crippen molar-refractivity contribution in [2.24, 2.45) is 0 Å². The smallest absolute Gasteiger partial charge is 0.119 e. The minimum absolute atomic E-state index is 0.577. The first-order chi connectivity index (χ1) is 8.17. The van der Waals surface area contributed by atoms with Crippen LogP contribution in [0.2, 0.25) is 0 Å². The molecule has 1 N–H and O–H groups in total. The van der Waals surface area contributed by atoms with Gasteiger partial charge in [0, 0.05) is 12.6 Å². The molecule has 1 rings (SSSR count). The third-order valence-corrected chi connectivity index (χ3v) is 3.13. The second-order valence-corrected chi connectivity index (χ2v) is 4.51. The van der Waals surface area contributed by atoms with Crippen molar-refractivity contribution >= 4 is 0 Å². The summed E-state index contributed by atoms with van der Waals surface area (Å²) in [6, 6.07) is 8.84. The topological polar surface area (TPSA) is 24.5 Å². The summed E-state index contributed by atoms with van der Waals surface area (Å²) in [6.45, 7) is 4.28. The Morgan fingerprint density at radius 3 is 2.82 bits per heavy atom. The second-order valence-electron chi connectivity index (χ2n) is 4.51. The highest BCUT2D eigenvalue weighted by atomic mass is 16.5. The fourth-order valence-corrected chi connectivity index (χ4v) is 1.79. The summed E-state index contributed by atoms with van der Waals surface area (Å²) in [5, 5.41) is 3.19. The molecule has 0 aliphatic carbocycles. The van der Waals surface area contributed by atoms with Crippen LogP contribution in [0.1, 0.15) is 18.9 Å². The van der Waals surface area contributed by atoms with Crippen molar-refractivity contribution < 1.29 is 4.74 Å². The molecule has 1 aromatic carbocycles. The number of benzene rings is 1. The number of nitrogens with zero attached hydrogens (tertiary/aromatic N) is 1. The maximum absolute atomic E-state index is 5.23. The Kier molecular flexibility index (Phi) is 6.01. The first kappa shape index (κ1) is 14.0.